The third-order valence-corrected chi connectivity index (χ3v) is 2.26. The van der Waals surface area contributed by atoms with Crippen LogP contribution in [-0.2, 0) is 0 Å². The van der Waals surface area contributed by atoms with Gasteiger partial charge in [-0.3, -0.25) is 4.79 Å². The van der Waals surface area contributed by atoms with Crippen LogP contribution in [0.25, 0.3) is 11.4 Å². The first-order valence-electron chi connectivity index (χ1n) is 3.95. The van der Waals surface area contributed by atoms with E-state index in [9.17, 15) is 4.79 Å². The third kappa shape index (κ3) is 2.00. The van der Waals surface area contributed by atoms with Crippen molar-refractivity contribution >= 4 is 29.5 Å². The molecule has 0 bridgehead atoms. The number of carbonyl (C=O) groups excluding carboxylic acids is 1. The molecule has 0 N–H and O–H groups in total. The summed E-state index contributed by atoms with van der Waals surface area (Å²) in [6.45, 7) is 0. The lowest BCUT2D eigenvalue weighted by Crippen LogP contribution is -1.83. The number of carbonyl (C=O) groups is 1. The molecule has 1 aromatic carbocycles. The highest BCUT2D eigenvalue weighted by Crippen LogP contribution is 2.28. The predicted octanol–water partition coefficient (Wildman–Crippen LogP) is 2.86. The second-order valence-corrected chi connectivity index (χ2v) is 3.54. The van der Waals surface area contributed by atoms with E-state index in [-0.39, 0.29) is 11.7 Å². The Morgan fingerprint density at radius 1 is 1.33 bits per heavy atom. The fourth-order valence-corrected chi connectivity index (χ4v) is 1.56. The van der Waals surface area contributed by atoms with Gasteiger partial charge in [-0.1, -0.05) is 28.4 Å². The number of aromatic nitrogens is 2. The van der Waals surface area contributed by atoms with Crippen LogP contribution in [0.1, 0.15) is 10.7 Å². The Bertz CT molecular complexity index is 511. The lowest BCUT2D eigenvalue weighted by molar-refractivity contribution is 0.108. The number of benzene rings is 1. The molecule has 0 radical (unpaired) electrons. The van der Waals surface area contributed by atoms with E-state index >= 15 is 0 Å². The molecule has 0 amide bonds. The van der Waals surface area contributed by atoms with Gasteiger partial charge in [-0.2, -0.15) is 4.98 Å². The molecular weight excluding hydrogens is 239 g/mol. The molecule has 4 nitrogen and oxygen atoms in total. The van der Waals surface area contributed by atoms with Crippen LogP contribution in [0.3, 0.4) is 0 Å². The number of halogens is 2. The molecule has 0 aliphatic carbocycles. The number of hydrogen-bond acceptors (Lipinski definition) is 4. The first kappa shape index (κ1) is 10.1. The van der Waals surface area contributed by atoms with Crippen LogP contribution in [0.15, 0.2) is 22.7 Å². The van der Waals surface area contributed by atoms with Crippen molar-refractivity contribution in [2.45, 2.75) is 0 Å². The Labute approximate surface area is 94.8 Å². The Morgan fingerprint density at radius 2 is 2.13 bits per heavy atom. The molecule has 0 aliphatic rings. The number of hydrogen-bond donors (Lipinski definition) is 0. The Kier molecular flexibility index (Phi) is 2.70. The topological polar surface area (TPSA) is 56.0 Å². The number of aldehydes is 1. The monoisotopic (exact) mass is 242 g/mol. The standard InChI is InChI=1S/C9H4Cl2N2O2/c10-5-1-2-6(7(11)3-5)9-12-8(4-14)15-13-9/h1-4H. The van der Waals surface area contributed by atoms with Crippen LogP contribution < -0.4 is 0 Å². The van der Waals surface area contributed by atoms with Gasteiger partial charge >= 0.3 is 0 Å². The summed E-state index contributed by atoms with van der Waals surface area (Å²) in [7, 11) is 0. The average molecular weight is 243 g/mol. The largest absolute Gasteiger partial charge is 0.331 e. The molecule has 1 aromatic heterocycles. The van der Waals surface area contributed by atoms with Gasteiger partial charge in [-0.25, -0.2) is 0 Å². The first-order valence-corrected chi connectivity index (χ1v) is 4.70. The summed E-state index contributed by atoms with van der Waals surface area (Å²) >= 11 is 11.7. The van der Waals surface area contributed by atoms with E-state index in [0.29, 0.717) is 21.9 Å². The molecule has 0 saturated carbocycles. The molecule has 0 fully saturated rings. The van der Waals surface area contributed by atoms with Crippen molar-refractivity contribution in [3.05, 3.63) is 34.1 Å². The van der Waals surface area contributed by atoms with E-state index in [1.807, 2.05) is 0 Å². The molecule has 0 aliphatic heterocycles. The highest BCUT2D eigenvalue weighted by molar-refractivity contribution is 6.36. The van der Waals surface area contributed by atoms with Gasteiger partial charge in [0.2, 0.25) is 12.1 Å². The van der Waals surface area contributed by atoms with Gasteiger partial charge in [-0.15, -0.1) is 0 Å². The minimum atomic E-state index is -0.0870. The second-order valence-electron chi connectivity index (χ2n) is 2.70. The maximum atomic E-state index is 10.3. The Morgan fingerprint density at radius 3 is 2.73 bits per heavy atom. The zero-order chi connectivity index (χ0) is 10.8. The minimum absolute atomic E-state index is 0.0870. The smallest absolute Gasteiger partial charge is 0.291 e. The zero-order valence-corrected chi connectivity index (χ0v) is 8.79. The molecule has 76 valence electrons. The second kappa shape index (κ2) is 4.00. The quantitative estimate of drug-likeness (QED) is 0.761. The van der Waals surface area contributed by atoms with E-state index < -0.39 is 0 Å². The summed E-state index contributed by atoms with van der Waals surface area (Å²) in [5.41, 5.74) is 0.568. The van der Waals surface area contributed by atoms with Crippen molar-refractivity contribution in [1.82, 2.24) is 10.1 Å². The molecule has 0 atom stereocenters. The summed E-state index contributed by atoms with van der Waals surface area (Å²) in [5, 5.41) is 4.52. The first-order chi connectivity index (χ1) is 7.20. The summed E-state index contributed by atoms with van der Waals surface area (Å²) < 4.78 is 4.63. The van der Waals surface area contributed by atoms with E-state index in [1.165, 1.54) is 0 Å². The molecule has 0 unspecified atom stereocenters. The summed E-state index contributed by atoms with van der Waals surface area (Å²) in [6, 6.07) is 4.87. The van der Waals surface area contributed by atoms with Crippen LogP contribution in [-0.4, -0.2) is 16.4 Å². The van der Waals surface area contributed by atoms with E-state index in [1.54, 1.807) is 18.2 Å². The van der Waals surface area contributed by atoms with Gasteiger partial charge in [0.05, 0.1) is 5.02 Å². The lowest BCUT2D eigenvalue weighted by atomic mass is 10.2. The highest BCUT2D eigenvalue weighted by Gasteiger charge is 2.11. The maximum absolute atomic E-state index is 10.3. The molecule has 6 heteroatoms. The summed E-state index contributed by atoms with van der Waals surface area (Å²) in [4.78, 5) is 14.2. The molecule has 2 aromatic rings. The van der Waals surface area contributed by atoms with Crippen molar-refractivity contribution in [2.75, 3.05) is 0 Å². The lowest BCUT2D eigenvalue weighted by Gasteiger charge is -1.98. The van der Waals surface area contributed by atoms with Crippen LogP contribution >= 0.6 is 23.2 Å². The van der Waals surface area contributed by atoms with Crippen LogP contribution in [0.4, 0.5) is 0 Å². The highest BCUT2D eigenvalue weighted by atomic mass is 35.5. The fraction of sp³-hybridized carbons (Fsp3) is 0. The molecule has 2 rings (SSSR count). The zero-order valence-electron chi connectivity index (χ0n) is 7.28. The molecule has 0 spiro atoms. The maximum Gasteiger partial charge on any atom is 0.291 e. The average Bonchev–Trinajstić information content (AvgIpc) is 2.66. The van der Waals surface area contributed by atoms with E-state index in [4.69, 9.17) is 23.2 Å². The van der Waals surface area contributed by atoms with Gasteiger partial charge in [0.25, 0.3) is 5.89 Å². The fourth-order valence-electron chi connectivity index (χ4n) is 1.06. The number of rotatable bonds is 2. The van der Waals surface area contributed by atoms with Gasteiger partial charge in [-0.05, 0) is 18.2 Å². The van der Waals surface area contributed by atoms with Crippen LogP contribution in [0.5, 0.6) is 0 Å². The normalized spacial score (nSPS) is 10.3. The summed E-state index contributed by atoms with van der Waals surface area (Å²) in [5.74, 6) is 0.176. The van der Waals surface area contributed by atoms with Crippen molar-refractivity contribution in [3.8, 4) is 11.4 Å². The molecular formula is C9H4Cl2N2O2. The van der Waals surface area contributed by atoms with E-state index in [0.717, 1.165) is 0 Å². The molecule has 1 heterocycles. The number of nitrogens with zero attached hydrogens (tertiary/aromatic N) is 2. The van der Waals surface area contributed by atoms with Crippen molar-refractivity contribution < 1.29 is 9.32 Å². The molecule has 0 saturated heterocycles. The van der Waals surface area contributed by atoms with Crippen molar-refractivity contribution in [2.24, 2.45) is 0 Å². The van der Waals surface area contributed by atoms with Crippen LogP contribution in [0.2, 0.25) is 10.0 Å². The molecule has 15 heavy (non-hydrogen) atoms. The third-order valence-electron chi connectivity index (χ3n) is 1.71. The van der Waals surface area contributed by atoms with Crippen molar-refractivity contribution in [1.29, 1.82) is 0 Å². The van der Waals surface area contributed by atoms with Crippen LogP contribution in [0, 0.1) is 0 Å². The van der Waals surface area contributed by atoms with E-state index in [2.05, 4.69) is 14.7 Å². The summed E-state index contributed by atoms with van der Waals surface area (Å²) in [6.07, 6.45) is 0.473. The van der Waals surface area contributed by atoms with Gasteiger partial charge in [0.15, 0.2) is 0 Å². The predicted molar refractivity (Wildman–Crippen MR) is 55.1 cm³/mol. The van der Waals surface area contributed by atoms with Gasteiger partial charge < -0.3 is 4.52 Å². The van der Waals surface area contributed by atoms with Gasteiger partial charge in [0, 0.05) is 10.6 Å². The van der Waals surface area contributed by atoms with Gasteiger partial charge in [0.1, 0.15) is 0 Å². The Hall–Kier alpha value is -1.39. The van der Waals surface area contributed by atoms with Crippen molar-refractivity contribution in [3.63, 3.8) is 0 Å². The Balaban J connectivity index is 2.49. The minimum Gasteiger partial charge on any atom is -0.331 e. The SMILES string of the molecule is O=Cc1nc(-c2ccc(Cl)cc2Cl)no1.